The molecule has 25 heavy (non-hydrogen) atoms. The Morgan fingerprint density at radius 3 is 2.28 bits per heavy atom. The molecule has 0 bridgehead atoms. The minimum absolute atomic E-state index is 0.0780. The number of likely N-dealkylation sites (N-methyl/N-ethyl adjacent to an activating group) is 2. The summed E-state index contributed by atoms with van der Waals surface area (Å²) in [4.78, 5) is 27.6. The van der Waals surface area contributed by atoms with Crippen LogP contribution in [0.1, 0.15) is 0 Å². The van der Waals surface area contributed by atoms with Gasteiger partial charge in [-0.25, -0.2) is 0 Å². The van der Waals surface area contributed by atoms with Crippen molar-refractivity contribution in [2.75, 3.05) is 37.4 Å². The van der Waals surface area contributed by atoms with Crippen LogP contribution in [0.5, 0.6) is 0 Å². The van der Waals surface area contributed by atoms with Crippen molar-refractivity contribution >= 4 is 46.4 Å². The second kappa shape index (κ2) is 8.85. The number of halogens is 2. The minimum Gasteiger partial charge on any atom is -0.325 e. The Balaban J connectivity index is 1.86. The lowest BCUT2D eigenvalue weighted by atomic mass is 10.3. The molecular formula is C18H19Cl2N3O2. The Morgan fingerprint density at radius 2 is 1.64 bits per heavy atom. The van der Waals surface area contributed by atoms with Crippen LogP contribution in [0, 0.1) is 0 Å². The Morgan fingerprint density at radius 1 is 0.960 bits per heavy atom. The molecule has 0 aliphatic carbocycles. The highest BCUT2D eigenvalue weighted by Crippen LogP contribution is 2.24. The number of nitrogens with one attached hydrogen (secondary N) is 1. The van der Waals surface area contributed by atoms with Crippen molar-refractivity contribution in [3.63, 3.8) is 0 Å². The number of amides is 2. The van der Waals surface area contributed by atoms with Crippen LogP contribution in [0.15, 0.2) is 48.5 Å². The van der Waals surface area contributed by atoms with Gasteiger partial charge in [-0.15, -0.1) is 0 Å². The zero-order chi connectivity index (χ0) is 18.4. The third-order valence-corrected chi connectivity index (χ3v) is 4.28. The van der Waals surface area contributed by atoms with Crippen molar-refractivity contribution in [3.05, 3.63) is 58.6 Å². The summed E-state index contributed by atoms with van der Waals surface area (Å²) in [5, 5.41) is 3.52. The summed E-state index contributed by atoms with van der Waals surface area (Å²) in [5.74, 6) is -0.341. The number of nitrogens with zero attached hydrogens (tertiary/aromatic N) is 2. The van der Waals surface area contributed by atoms with Crippen LogP contribution in [-0.4, -0.2) is 43.9 Å². The summed E-state index contributed by atoms with van der Waals surface area (Å²) in [5.41, 5.74) is 1.36. The molecule has 0 aliphatic heterocycles. The molecule has 0 aromatic heterocycles. The molecule has 2 aromatic rings. The summed E-state index contributed by atoms with van der Waals surface area (Å²) < 4.78 is 0. The number of carbonyl (C=O) groups is 2. The molecule has 5 nitrogen and oxygen atoms in total. The van der Waals surface area contributed by atoms with Crippen LogP contribution in [0.3, 0.4) is 0 Å². The molecular weight excluding hydrogens is 361 g/mol. The number of hydrogen-bond donors (Lipinski definition) is 1. The quantitative estimate of drug-likeness (QED) is 0.834. The van der Waals surface area contributed by atoms with E-state index in [2.05, 4.69) is 5.32 Å². The number of anilines is 2. The third kappa shape index (κ3) is 5.74. The molecule has 7 heteroatoms. The van der Waals surface area contributed by atoms with E-state index >= 15 is 0 Å². The zero-order valence-corrected chi connectivity index (χ0v) is 15.5. The van der Waals surface area contributed by atoms with Crippen LogP contribution in [0.4, 0.5) is 11.4 Å². The van der Waals surface area contributed by atoms with Crippen molar-refractivity contribution in [2.24, 2.45) is 0 Å². The van der Waals surface area contributed by atoms with E-state index in [0.29, 0.717) is 15.7 Å². The predicted molar refractivity (Wildman–Crippen MR) is 102 cm³/mol. The van der Waals surface area contributed by atoms with E-state index in [9.17, 15) is 9.59 Å². The van der Waals surface area contributed by atoms with Gasteiger partial charge in [-0.05, 0) is 37.4 Å². The van der Waals surface area contributed by atoms with Gasteiger partial charge in [0, 0.05) is 18.4 Å². The Hall–Kier alpha value is -2.08. The van der Waals surface area contributed by atoms with E-state index in [-0.39, 0.29) is 24.9 Å². The smallest absolute Gasteiger partial charge is 0.240 e. The van der Waals surface area contributed by atoms with Gasteiger partial charge in [0.05, 0.1) is 23.1 Å². The molecule has 1 N–H and O–H groups in total. The summed E-state index contributed by atoms with van der Waals surface area (Å²) in [7, 11) is 3.42. The summed E-state index contributed by atoms with van der Waals surface area (Å²) in [6, 6.07) is 14.2. The Kier molecular flexibility index (Phi) is 6.82. The number of para-hydroxylation sites is 1. The highest BCUT2D eigenvalue weighted by molar-refractivity contribution is 6.42. The van der Waals surface area contributed by atoms with Crippen LogP contribution in [0.2, 0.25) is 10.0 Å². The molecule has 2 aromatic carbocycles. The zero-order valence-electron chi connectivity index (χ0n) is 14.0. The lowest BCUT2D eigenvalue weighted by Crippen LogP contribution is -2.39. The minimum atomic E-state index is -0.240. The molecule has 2 rings (SSSR count). The first-order valence-corrected chi connectivity index (χ1v) is 8.37. The van der Waals surface area contributed by atoms with Gasteiger partial charge in [0.2, 0.25) is 11.8 Å². The topological polar surface area (TPSA) is 52.7 Å². The first-order valence-electron chi connectivity index (χ1n) is 7.62. The fourth-order valence-electron chi connectivity index (χ4n) is 2.21. The first kappa shape index (κ1) is 19.2. The standard InChI is InChI=1S/C18H19Cl2N3O2/c1-22(12-18(25)23(2)14-6-4-3-5-7-14)11-17(24)21-13-8-9-15(19)16(20)10-13/h3-10H,11-12H2,1-2H3,(H,21,24). The average Bonchev–Trinajstić information content (AvgIpc) is 2.58. The van der Waals surface area contributed by atoms with E-state index in [4.69, 9.17) is 23.2 Å². The maximum Gasteiger partial charge on any atom is 0.240 e. The van der Waals surface area contributed by atoms with Crippen molar-refractivity contribution in [1.82, 2.24) is 4.90 Å². The number of benzene rings is 2. The van der Waals surface area contributed by atoms with Gasteiger partial charge in [-0.1, -0.05) is 41.4 Å². The Labute approximate surface area is 157 Å². The van der Waals surface area contributed by atoms with Gasteiger partial charge in [0.1, 0.15) is 0 Å². The maximum atomic E-state index is 12.3. The molecule has 0 aliphatic rings. The lowest BCUT2D eigenvalue weighted by molar-refractivity contribution is -0.120. The molecule has 0 unspecified atom stereocenters. The molecule has 0 saturated heterocycles. The van der Waals surface area contributed by atoms with Crippen LogP contribution >= 0.6 is 23.2 Å². The summed E-state index contributed by atoms with van der Waals surface area (Å²) >= 11 is 11.8. The number of rotatable bonds is 6. The van der Waals surface area contributed by atoms with Crippen LogP contribution in [0.25, 0.3) is 0 Å². The third-order valence-electron chi connectivity index (χ3n) is 3.54. The van der Waals surface area contributed by atoms with Crippen molar-refractivity contribution in [2.45, 2.75) is 0 Å². The summed E-state index contributed by atoms with van der Waals surface area (Å²) in [6.45, 7) is 0.203. The van der Waals surface area contributed by atoms with Crippen molar-refractivity contribution < 1.29 is 9.59 Å². The van der Waals surface area contributed by atoms with E-state index in [0.717, 1.165) is 5.69 Å². The van der Waals surface area contributed by atoms with Crippen molar-refractivity contribution in [3.8, 4) is 0 Å². The second-order valence-corrected chi connectivity index (χ2v) is 6.45. The van der Waals surface area contributed by atoms with E-state index in [1.807, 2.05) is 30.3 Å². The van der Waals surface area contributed by atoms with E-state index in [1.54, 1.807) is 42.1 Å². The largest absolute Gasteiger partial charge is 0.325 e. The SMILES string of the molecule is CN(CC(=O)Nc1ccc(Cl)c(Cl)c1)CC(=O)N(C)c1ccccc1. The first-order chi connectivity index (χ1) is 11.9. The fraction of sp³-hybridized carbons (Fsp3) is 0.222. The lowest BCUT2D eigenvalue weighted by Gasteiger charge is -2.21. The normalized spacial score (nSPS) is 10.6. The van der Waals surface area contributed by atoms with Gasteiger partial charge in [0.25, 0.3) is 0 Å². The van der Waals surface area contributed by atoms with E-state index < -0.39 is 0 Å². The van der Waals surface area contributed by atoms with Gasteiger partial charge >= 0.3 is 0 Å². The molecule has 132 valence electrons. The predicted octanol–water partition coefficient (Wildman–Crippen LogP) is 3.53. The molecule has 2 amide bonds. The van der Waals surface area contributed by atoms with Gasteiger partial charge < -0.3 is 10.2 Å². The molecule has 0 atom stereocenters. The highest BCUT2D eigenvalue weighted by Gasteiger charge is 2.15. The monoisotopic (exact) mass is 379 g/mol. The van der Waals surface area contributed by atoms with Crippen LogP contribution in [-0.2, 0) is 9.59 Å². The van der Waals surface area contributed by atoms with Gasteiger partial charge in [0.15, 0.2) is 0 Å². The highest BCUT2D eigenvalue weighted by atomic mass is 35.5. The molecule has 0 radical (unpaired) electrons. The number of hydrogen-bond acceptors (Lipinski definition) is 3. The summed E-state index contributed by atoms with van der Waals surface area (Å²) in [6.07, 6.45) is 0. The fourth-order valence-corrected chi connectivity index (χ4v) is 2.51. The molecule has 0 fully saturated rings. The van der Waals surface area contributed by atoms with Crippen molar-refractivity contribution in [1.29, 1.82) is 0 Å². The molecule has 0 heterocycles. The number of carbonyl (C=O) groups excluding carboxylic acids is 2. The average molecular weight is 380 g/mol. The molecule has 0 spiro atoms. The second-order valence-electron chi connectivity index (χ2n) is 5.64. The van der Waals surface area contributed by atoms with Crippen LogP contribution < -0.4 is 10.2 Å². The van der Waals surface area contributed by atoms with E-state index in [1.165, 1.54) is 0 Å². The Bertz CT molecular complexity index is 753. The maximum absolute atomic E-state index is 12.3. The van der Waals surface area contributed by atoms with Gasteiger partial charge in [-0.2, -0.15) is 0 Å². The van der Waals surface area contributed by atoms with Gasteiger partial charge in [-0.3, -0.25) is 14.5 Å². The molecule has 0 saturated carbocycles.